The van der Waals surface area contributed by atoms with Crippen molar-refractivity contribution >= 4 is 15.9 Å². The Hall–Kier alpha value is -0.680. The molecule has 5 heteroatoms. The Bertz CT molecular complexity index is 429. The molecule has 1 unspecified atom stereocenters. The number of hydrogen-bond acceptors (Lipinski definition) is 3. The van der Waals surface area contributed by atoms with Crippen molar-refractivity contribution in [2.24, 2.45) is 0 Å². The van der Waals surface area contributed by atoms with Crippen molar-refractivity contribution in [1.29, 1.82) is 0 Å². The van der Waals surface area contributed by atoms with Gasteiger partial charge >= 0.3 is 0 Å². The van der Waals surface area contributed by atoms with Crippen LogP contribution in [0.25, 0.3) is 0 Å². The number of rotatable bonds is 5. The van der Waals surface area contributed by atoms with Crippen LogP contribution in [-0.2, 0) is 4.74 Å². The molecule has 0 aromatic carbocycles. The van der Waals surface area contributed by atoms with E-state index in [-0.39, 0.29) is 17.6 Å². The van der Waals surface area contributed by atoms with E-state index in [9.17, 15) is 4.79 Å². The van der Waals surface area contributed by atoms with E-state index in [0.717, 1.165) is 18.5 Å². The number of aromatic amines is 1. The Morgan fingerprint density at radius 2 is 2.12 bits per heavy atom. The highest BCUT2D eigenvalue weighted by molar-refractivity contribution is 9.10. The van der Waals surface area contributed by atoms with Crippen molar-refractivity contribution in [2.45, 2.75) is 45.6 Å². The number of ether oxygens (including phenoxy) is 1. The first kappa shape index (κ1) is 14.4. The summed E-state index contributed by atoms with van der Waals surface area (Å²) in [5, 5.41) is 0. The van der Waals surface area contributed by atoms with Crippen molar-refractivity contribution in [3.8, 4) is 0 Å². The summed E-state index contributed by atoms with van der Waals surface area (Å²) in [6, 6.07) is 0. The zero-order chi connectivity index (χ0) is 13.0. The van der Waals surface area contributed by atoms with Gasteiger partial charge in [0.1, 0.15) is 16.4 Å². The fourth-order valence-electron chi connectivity index (χ4n) is 1.66. The predicted octanol–water partition coefficient (Wildman–Crippen LogP) is 3.14. The van der Waals surface area contributed by atoms with E-state index >= 15 is 0 Å². The first-order valence-corrected chi connectivity index (χ1v) is 6.62. The van der Waals surface area contributed by atoms with Crippen LogP contribution in [0.5, 0.6) is 0 Å². The van der Waals surface area contributed by atoms with Crippen LogP contribution in [0.2, 0.25) is 0 Å². The molecule has 96 valence electrons. The minimum absolute atomic E-state index is 0.140. The summed E-state index contributed by atoms with van der Waals surface area (Å²) < 4.78 is 5.87. The molecule has 4 nitrogen and oxygen atoms in total. The summed E-state index contributed by atoms with van der Waals surface area (Å²) in [6.45, 7) is 6.10. The maximum Gasteiger partial charge on any atom is 0.265 e. The quantitative estimate of drug-likeness (QED) is 0.909. The molecule has 0 saturated carbocycles. The smallest absolute Gasteiger partial charge is 0.265 e. The van der Waals surface area contributed by atoms with Gasteiger partial charge in [-0.15, -0.1) is 0 Å². The molecule has 0 aliphatic rings. The topological polar surface area (TPSA) is 55.0 Å². The van der Waals surface area contributed by atoms with E-state index in [1.807, 2.05) is 13.8 Å². The minimum Gasteiger partial charge on any atom is -0.374 e. The van der Waals surface area contributed by atoms with Gasteiger partial charge in [-0.25, -0.2) is 4.98 Å². The summed E-state index contributed by atoms with van der Waals surface area (Å²) in [6.07, 6.45) is 1.69. The molecule has 0 aliphatic carbocycles. The van der Waals surface area contributed by atoms with Gasteiger partial charge in [0, 0.05) is 7.11 Å². The molecule has 1 aromatic heterocycles. The van der Waals surface area contributed by atoms with Gasteiger partial charge in [0.15, 0.2) is 0 Å². The van der Waals surface area contributed by atoms with Gasteiger partial charge in [0.05, 0.1) is 5.69 Å². The third kappa shape index (κ3) is 3.39. The molecule has 0 spiro atoms. The lowest BCUT2D eigenvalue weighted by Crippen LogP contribution is -2.19. The fourth-order valence-corrected chi connectivity index (χ4v) is 2.30. The Morgan fingerprint density at radius 3 is 2.59 bits per heavy atom. The standard InChI is InChI=1S/C12H19BrN2O2/c1-5-6-8(17-4)11-14-10(7(2)3)9(13)12(16)15-11/h7-8H,5-6H2,1-4H3,(H,14,15,16). The Kier molecular flexibility index (Phi) is 5.33. The van der Waals surface area contributed by atoms with Gasteiger partial charge in [-0.3, -0.25) is 4.79 Å². The SMILES string of the molecule is CCCC(OC)c1nc(C(C)C)c(Br)c(=O)[nH]1. The maximum absolute atomic E-state index is 11.8. The molecular formula is C12H19BrN2O2. The summed E-state index contributed by atoms with van der Waals surface area (Å²) in [5.41, 5.74) is 0.638. The highest BCUT2D eigenvalue weighted by atomic mass is 79.9. The summed E-state index contributed by atoms with van der Waals surface area (Å²) in [7, 11) is 1.64. The van der Waals surface area contributed by atoms with Gasteiger partial charge in [0.2, 0.25) is 0 Å². The lowest BCUT2D eigenvalue weighted by molar-refractivity contribution is 0.0871. The molecule has 1 heterocycles. The molecule has 0 radical (unpaired) electrons. The second-order valence-corrected chi connectivity index (χ2v) is 5.11. The number of aromatic nitrogens is 2. The zero-order valence-corrected chi connectivity index (χ0v) is 12.3. The molecule has 1 rings (SSSR count). The lowest BCUT2D eigenvalue weighted by Gasteiger charge is -2.16. The molecule has 0 aliphatic heterocycles. The molecule has 0 bridgehead atoms. The number of nitrogens with one attached hydrogen (secondary N) is 1. The van der Waals surface area contributed by atoms with E-state index < -0.39 is 0 Å². The van der Waals surface area contributed by atoms with Crippen LogP contribution in [0.1, 0.15) is 57.2 Å². The first-order chi connectivity index (χ1) is 8.01. The average Bonchev–Trinajstić information content (AvgIpc) is 2.29. The van der Waals surface area contributed by atoms with Crippen molar-refractivity contribution in [3.63, 3.8) is 0 Å². The molecular weight excluding hydrogens is 284 g/mol. The van der Waals surface area contributed by atoms with Gasteiger partial charge in [-0.2, -0.15) is 0 Å². The normalized spacial score (nSPS) is 13.1. The second kappa shape index (κ2) is 6.31. The molecule has 17 heavy (non-hydrogen) atoms. The molecule has 1 aromatic rings. The molecule has 1 N–H and O–H groups in total. The highest BCUT2D eigenvalue weighted by Gasteiger charge is 2.17. The Labute approximate surface area is 110 Å². The van der Waals surface area contributed by atoms with Gasteiger partial charge in [-0.05, 0) is 28.3 Å². The van der Waals surface area contributed by atoms with Crippen LogP contribution in [0.3, 0.4) is 0 Å². The van der Waals surface area contributed by atoms with Gasteiger partial charge in [0.25, 0.3) is 5.56 Å². The fraction of sp³-hybridized carbons (Fsp3) is 0.667. The van der Waals surface area contributed by atoms with Crippen LogP contribution < -0.4 is 5.56 Å². The Morgan fingerprint density at radius 1 is 1.47 bits per heavy atom. The predicted molar refractivity (Wildman–Crippen MR) is 71.3 cm³/mol. The van der Waals surface area contributed by atoms with Gasteiger partial charge in [-0.1, -0.05) is 27.2 Å². The molecule has 1 atom stereocenters. The number of methoxy groups -OCH3 is 1. The van der Waals surface area contributed by atoms with E-state index in [1.54, 1.807) is 7.11 Å². The lowest BCUT2D eigenvalue weighted by atomic mass is 10.1. The second-order valence-electron chi connectivity index (χ2n) is 4.32. The summed E-state index contributed by atoms with van der Waals surface area (Å²) in [5.74, 6) is 0.816. The van der Waals surface area contributed by atoms with E-state index in [1.165, 1.54) is 0 Å². The van der Waals surface area contributed by atoms with Crippen molar-refractivity contribution in [1.82, 2.24) is 9.97 Å². The van der Waals surface area contributed by atoms with Crippen molar-refractivity contribution in [3.05, 3.63) is 26.3 Å². The van der Waals surface area contributed by atoms with Crippen LogP contribution in [-0.4, -0.2) is 17.1 Å². The van der Waals surface area contributed by atoms with E-state index in [2.05, 4.69) is 32.8 Å². The minimum atomic E-state index is -0.142. The third-order valence-corrected chi connectivity index (χ3v) is 3.36. The van der Waals surface area contributed by atoms with Crippen LogP contribution in [0.4, 0.5) is 0 Å². The van der Waals surface area contributed by atoms with E-state index in [0.29, 0.717) is 10.3 Å². The number of halogens is 1. The molecule has 0 amide bonds. The number of hydrogen-bond donors (Lipinski definition) is 1. The van der Waals surface area contributed by atoms with Crippen molar-refractivity contribution < 1.29 is 4.74 Å². The van der Waals surface area contributed by atoms with Crippen molar-refractivity contribution in [2.75, 3.05) is 7.11 Å². The molecule has 0 saturated heterocycles. The van der Waals surface area contributed by atoms with Crippen LogP contribution >= 0.6 is 15.9 Å². The third-order valence-electron chi connectivity index (χ3n) is 2.59. The summed E-state index contributed by atoms with van der Waals surface area (Å²) in [4.78, 5) is 19.1. The largest absolute Gasteiger partial charge is 0.374 e. The number of H-pyrrole nitrogens is 1. The first-order valence-electron chi connectivity index (χ1n) is 5.83. The zero-order valence-electron chi connectivity index (χ0n) is 10.7. The average molecular weight is 303 g/mol. The Balaban J connectivity index is 3.22. The summed E-state index contributed by atoms with van der Waals surface area (Å²) >= 11 is 3.28. The maximum atomic E-state index is 11.8. The molecule has 0 fully saturated rings. The highest BCUT2D eigenvalue weighted by Crippen LogP contribution is 2.23. The van der Waals surface area contributed by atoms with Crippen LogP contribution in [0.15, 0.2) is 9.27 Å². The number of nitrogens with zero attached hydrogens (tertiary/aromatic N) is 1. The van der Waals surface area contributed by atoms with Crippen LogP contribution in [0, 0.1) is 0 Å². The monoisotopic (exact) mass is 302 g/mol. The van der Waals surface area contributed by atoms with E-state index in [4.69, 9.17) is 4.74 Å². The van der Waals surface area contributed by atoms with Gasteiger partial charge < -0.3 is 9.72 Å².